The van der Waals surface area contributed by atoms with Gasteiger partial charge in [-0.2, -0.15) is 5.10 Å². The van der Waals surface area contributed by atoms with Crippen LogP contribution in [0, 0.1) is 5.41 Å². The van der Waals surface area contributed by atoms with Crippen LogP contribution in [0.1, 0.15) is 35.3 Å². The third kappa shape index (κ3) is 5.11. The van der Waals surface area contributed by atoms with E-state index in [1.165, 1.54) is 23.5 Å². The van der Waals surface area contributed by atoms with Crippen LogP contribution in [-0.4, -0.2) is 27.9 Å². The molecule has 0 spiro atoms. The smallest absolute Gasteiger partial charge is 0.271 e. The van der Waals surface area contributed by atoms with E-state index in [4.69, 9.17) is 10.1 Å². The molecule has 0 aliphatic rings. The number of carbonyl (C=O) groups is 1. The average molecular weight is 410 g/mol. The van der Waals surface area contributed by atoms with Gasteiger partial charge >= 0.3 is 0 Å². The molecule has 7 nitrogen and oxygen atoms in total. The number of nitrogens with zero attached hydrogens (tertiary/aromatic N) is 2. The minimum absolute atomic E-state index is 0.0224. The molecule has 3 rings (SSSR count). The van der Waals surface area contributed by atoms with Crippen LogP contribution in [0.3, 0.4) is 0 Å². The number of phenolic OH excluding ortho intramolecular Hbond substituents is 1. The van der Waals surface area contributed by atoms with Crippen molar-refractivity contribution in [2.24, 2.45) is 5.10 Å². The number of hydrogen-bond donors (Lipinski definition) is 3. The maximum atomic E-state index is 12.2. The van der Waals surface area contributed by atoms with Crippen LogP contribution in [0.4, 0.5) is 0 Å². The lowest BCUT2D eigenvalue weighted by Gasteiger charge is -2.13. The van der Waals surface area contributed by atoms with Crippen molar-refractivity contribution in [1.29, 1.82) is 5.41 Å². The minimum Gasteiger partial charge on any atom is -0.508 e. The summed E-state index contributed by atoms with van der Waals surface area (Å²) in [4.78, 5) is 12.7. The van der Waals surface area contributed by atoms with Crippen molar-refractivity contribution in [1.82, 2.24) is 9.99 Å². The van der Waals surface area contributed by atoms with Gasteiger partial charge in [-0.15, -0.1) is 11.3 Å². The monoisotopic (exact) mass is 410 g/mol. The Hall–Kier alpha value is -3.39. The summed E-state index contributed by atoms with van der Waals surface area (Å²) in [6.45, 7) is 4.78. The molecule has 8 heteroatoms. The van der Waals surface area contributed by atoms with Crippen LogP contribution in [0.15, 0.2) is 59.1 Å². The van der Waals surface area contributed by atoms with Crippen LogP contribution < -0.4 is 15.0 Å². The Balaban J connectivity index is 1.82. The summed E-state index contributed by atoms with van der Waals surface area (Å²) in [7, 11) is 0. The normalized spacial score (nSPS) is 11.3. The summed E-state index contributed by atoms with van der Waals surface area (Å²) in [6, 6.07) is 11.8. The van der Waals surface area contributed by atoms with Crippen molar-refractivity contribution in [2.75, 3.05) is 6.61 Å². The van der Waals surface area contributed by atoms with Gasteiger partial charge in [0, 0.05) is 22.7 Å². The molecule has 0 fully saturated rings. The maximum absolute atomic E-state index is 12.2. The van der Waals surface area contributed by atoms with E-state index in [-0.39, 0.29) is 5.75 Å². The zero-order chi connectivity index (χ0) is 20.8. The molecule has 0 saturated heterocycles. The molecule has 0 atom stereocenters. The number of rotatable bonds is 7. The Labute approximate surface area is 172 Å². The first-order valence-corrected chi connectivity index (χ1v) is 9.94. The van der Waals surface area contributed by atoms with Gasteiger partial charge in [-0.25, -0.2) is 5.43 Å². The van der Waals surface area contributed by atoms with Crippen molar-refractivity contribution >= 4 is 23.0 Å². The van der Waals surface area contributed by atoms with E-state index in [0.717, 1.165) is 16.9 Å². The van der Waals surface area contributed by atoms with Crippen LogP contribution >= 0.6 is 11.3 Å². The molecule has 0 bridgehead atoms. The number of aromatic hydroxyl groups is 1. The van der Waals surface area contributed by atoms with Crippen molar-refractivity contribution in [2.45, 2.75) is 20.4 Å². The number of ether oxygens (including phenoxy) is 1. The van der Waals surface area contributed by atoms with Gasteiger partial charge in [-0.05, 0) is 55.8 Å². The fraction of sp³-hybridized carbons (Fsp3) is 0.190. The summed E-state index contributed by atoms with van der Waals surface area (Å²) < 4.78 is 7.56. The SMILES string of the molecule is CCOc1ccc(/C(C)=N\NC(=O)c2cccc(O)c2)cc1Cn1ccsc1=N. The van der Waals surface area contributed by atoms with E-state index in [2.05, 4.69) is 10.5 Å². The largest absolute Gasteiger partial charge is 0.508 e. The number of aromatic nitrogens is 1. The first-order chi connectivity index (χ1) is 14.0. The minimum atomic E-state index is -0.404. The molecule has 150 valence electrons. The van der Waals surface area contributed by atoms with Crippen LogP contribution in [-0.2, 0) is 6.54 Å². The lowest BCUT2D eigenvalue weighted by atomic mass is 10.1. The number of phenols is 1. The van der Waals surface area contributed by atoms with Gasteiger partial charge in [0.25, 0.3) is 5.91 Å². The highest BCUT2D eigenvalue weighted by atomic mass is 32.1. The number of carbonyl (C=O) groups excluding carboxylic acids is 1. The Morgan fingerprint density at radius 2 is 2.10 bits per heavy atom. The lowest BCUT2D eigenvalue weighted by molar-refractivity contribution is 0.0954. The molecule has 1 amide bonds. The predicted molar refractivity (Wildman–Crippen MR) is 113 cm³/mol. The first-order valence-electron chi connectivity index (χ1n) is 9.06. The van der Waals surface area contributed by atoms with Crippen LogP contribution in [0.25, 0.3) is 0 Å². The number of amides is 1. The van der Waals surface area contributed by atoms with Gasteiger partial charge in [-0.1, -0.05) is 6.07 Å². The van der Waals surface area contributed by atoms with Crippen LogP contribution in [0.2, 0.25) is 0 Å². The molecule has 3 aromatic rings. The zero-order valence-electron chi connectivity index (χ0n) is 16.2. The number of hydrogen-bond acceptors (Lipinski definition) is 6. The van der Waals surface area contributed by atoms with Gasteiger partial charge in [0.05, 0.1) is 18.9 Å². The van der Waals surface area contributed by atoms with E-state index >= 15 is 0 Å². The molecule has 0 aliphatic carbocycles. The highest BCUT2D eigenvalue weighted by Gasteiger charge is 2.10. The standard InChI is InChI=1S/C21H22N4O3S/c1-3-28-19-8-7-15(11-17(19)13-25-9-10-29-21(25)22)14(2)23-24-20(27)16-5-4-6-18(26)12-16/h4-12,22,26H,3,13H2,1-2H3,(H,24,27)/b22-21?,23-14-. The second-order valence-electron chi connectivity index (χ2n) is 6.28. The van der Waals surface area contributed by atoms with Gasteiger partial charge in [-0.3, -0.25) is 10.2 Å². The second-order valence-corrected chi connectivity index (χ2v) is 7.17. The summed E-state index contributed by atoms with van der Waals surface area (Å²) in [5.41, 5.74) is 5.23. The highest BCUT2D eigenvalue weighted by Crippen LogP contribution is 2.22. The molecule has 0 radical (unpaired) electrons. The molecule has 1 aromatic heterocycles. The van der Waals surface area contributed by atoms with Gasteiger partial charge in [0.1, 0.15) is 11.5 Å². The predicted octanol–water partition coefficient (Wildman–Crippen LogP) is 3.34. The Kier molecular flexibility index (Phi) is 6.46. The number of nitrogens with one attached hydrogen (secondary N) is 2. The van der Waals surface area contributed by atoms with Gasteiger partial charge in [0.15, 0.2) is 4.80 Å². The van der Waals surface area contributed by atoms with E-state index < -0.39 is 5.91 Å². The average Bonchev–Trinajstić information content (AvgIpc) is 3.11. The van der Waals surface area contributed by atoms with E-state index in [1.54, 1.807) is 19.1 Å². The summed E-state index contributed by atoms with van der Waals surface area (Å²) in [5, 5.41) is 23.5. The van der Waals surface area contributed by atoms with Crippen LogP contribution in [0.5, 0.6) is 11.5 Å². The maximum Gasteiger partial charge on any atom is 0.271 e. The summed E-state index contributed by atoms with van der Waals surface area (Å²) >= 11 is 1.36. The fourth-order valence-corrected chi connectivity index (χ4v) is 3.34. The third-order valence-corrected chi connectivity index (χ3v) is 4.95. The Bertz CT molecular complexity index is 1100. The van der Waals surface area contributed by atoms with Gasteiger partial charge < -0.3 is 14.4 Å². The number of thiazole rings is 1. The van der Waals surface area contributed by atoms with Crippen molar-refractivity contribution < 1.29 is 14.6 Å². The molecular formula is C21H22N4O3S. The topological polar surface area (TPSA) is 99.7 Å². The molecule has 0 saturated carbocycles. The fourth-order valence-electron chi connectivity index (χ4n) is 2.75. The Morgan fingerprint density at radius 3 is 2.79 bits per heavy atom. The van der Waals surface area contributed by atoms with Crippen molar-refractivity contribution in [3.8, 4) is 11.5 Å². The van der Waals surface area contributed by atoms with Gasteiger partial charge in [0.2, 0.25) is 0 Å². The highest BCUT2D eigenvalue weighted by molar-refractivity contribution is 7.06. The number of hydrazone groups is 1. The summed E-state index contributed by atoms with van der Waals surface area (Å²) in [5.74, 6) is 0.374. The molecule has 0 unspecified atom stereocenters. The molecular weight excluding hydrogens is 388 g/mol. The van der Waals surface area contributed by atoms with Crippen molar-refractivity contribution in [3.63, 3.8) is 0 Å². The number of benzene rings is 2. The summed E-state index contributed by atoms with van der Waals surface area (Å²) in [6.07, 6.45) is 1.87. The third-order valence-electron chi connectivity index (χ3n) is 4.23. The molecule has 29 heavy (non-hydrogen) atoms. The van der Waals surface area contributed by atoms with E-state index in [0.29, 0.717) is 29.2 Å². The lowest BCUT2D eigenvalue weighted by Crippen LogP contribution is -2.19. The first kappa shape index (κ1) is 20.3. The zero-order valence-corrected chi connectivity index (χ0v) is 17.0. The Morgan fingerprint density at radius 1 is 1.28 bits per heavy atom. The van der Waals surface area contributed by atoms with E-state index in [1.807, 2.05) is 41.3 Å². The molecule has 2 aromatic carbocycles. The molecule has 1 heterocycles. The van der Waals surface area contributed by atoms with Crippen molar-refractivity contribution in [3.05, 3.63) is 75.5 Å². The second kappa shape index (κ2) is 9.20. The quantitative estimate of drug-likeness (QED) is 0.411. The molecule has 0 aliphatic heterocycles. The molecule has 3 N–H and O–H groups in total. The van der Waals surface area contributed by atoms with E-state index in [9.17, 15) is 9.90 Å².